The molecular formula is C20H25ClN2O3. The van der Waals surface area contributed by atoms with Gasteiger partial charge in [0.1, 0.15) is 5.75 Å². The number of nitrogens with one attached hydrogen (secondary N) is 1. The van der Waals surface area contributed by atoms with Crippen LogP contribution in [0, 0.1) is 0 Å². The lowest BCUT2D eigenvalue weighted by Crippen LogP contribution is -2.41. The highest BCUT2D eigenvalue weighted by molar-refractivity contribution is 6.31. The Kier molecular flexibility index (Phi) is 6.12. The zero-order valence-electron chi connectivity index (χ0n) is 15.2. The van der Waals surface area contributed by atoms with Crippen LogP contribution in [0.3, 0.4) is 0 Å². The molecule has 140 valence electrons. The second-order valence-corrected chi connectivity index (χ2v) is 6.97. The normalized spacial score (nSPS) is 17.7. The lowest BCUT2D eigenvalue weighted by molar-refractivity contribution is 0.208. The van der Waals surface area contributed by atoms with Gasteiger partial charge in [0, 0.05) is 35.9 Å². The van der Waals surface area contributed by atoms with Gasteiger partial charge in [0.05, 0.1) is 14.2 Å². The molecule has 2 N–H and O–H groups in total. The fraction of sp³-hybridized carbons (Fsp3) is 0.400. The predicted molar refractivity (Wildman–Crippen MR) is 105 cm³/mol. The molecule has 0 radical (unpaired) electrons. The molecule has 1 aliphatic heterocycles. The van der Waals surface area contributed by atoms with Crippen LogP contribution in [0.5, 0.6) is 17.2 Å². The van der Waals surface area contributed by atoms with E-state index in [9.17, 15) is 5.11 Å². The van der Waals surface area contributed by atoms with E-state index in [0.29, 0.717) is 16.8 Å². The first-order valence-electron chi connectivity index (χ1n) is 8.77. The Morgan fingerprint density at radius 3 is 2.65 bits per heavy atom. The molecule has 0 spiro atoms. The number of hydrogen-bond acceptors (Lipinski definition) is 5. The zero-order chi connectivity index (χ0) is 18.5. The van der Waals surface area contributed by atoms with E-state index in [1.165, 1.54) is 0 Å². The number of phenolic OH excluding ortho intramolecular Hbond substituents is 1. The van der Waals surface area contributed by atoms with Crippen LogP contribution < -0.4 is 14.8 Å². The van der Waals surface area contributed by atoms with Crippen molar-refractivity contribution in [2.24, 2.45) is 0 Å². The van der Waals surface area contributed by atoms with Gasteiger partial charge < -0.3 is 19.9 Å². The fourth-order valence-corrected chi connectivity index (χ4v) is 3.57. The van der Waals surface area contributed by atoms with Crippen LogP contribution in [0.15, 0.2) is 36.4 Å². The van der Waals surface area contributed by atoms with Gasteiger partial charge in [0.15, 0.2) is 11.5 Å². The van der Waals surface area contributed by atoms with Crippen LogP contribution in [-0.2, 0) is 6.54 Å². The SMILES string of the molecule is COc1ccc(NC2CCCN(Cc3cc(OC)c(O)cc3Cl)C2)cc1. The average molecular weight is 377 g/mol. The van der Waals surface area contributed by atoms with Gasteiger partial charge in [-0.05, 0) is 55.3 Å². The summed E-state index contributed by atoms with van der Waals surface area (Å²) in [6.45, 7) is 2.70. The second-order valence-electron chi connectivity index (χ2n) is 6.56. The molecule has 0 bridgehead atoms. The molecule has 2 aromatic rings. The number of rotatable bonds is 6. The van der Waals surface area contributed by atoms with E-state index in [-0.39, 0.29) is 5.75 Å². The third-order valence-corrected chi connectivity index (χ3v) is 5.06. The summed E-state index contributed by atoms with van der Waals surface area (Å²) in [5, 5.41) is 14.0. The maximum atomic E-state index is 9.82. The van der Waals surface area contributed by atoms with E-state index < -0.39 is 0 Å². The fourth-order valence-electron chi connectivity index (χ4n) is 3.35. The summed E-state index contributed by atoms with van der Waals surface area (Å²) >= 11 is 6.30. The third-order valence-electron chi connectivity index (χ3n) is 4.71. The summed E-state index contributed by atoms with van der Waals surface area (Å²) < 4.78 is 10.4. The first-order chi connectivity index (χ1) is 12.6. The number of likely N-dealkylation sites (tertiary alicyclic amines) is 1. The first-order valence-corrected chi connectivity index (χ1v) is 9.15. The molecule has 1 saturated heterocycles. The van der Waals surface area contributed by atoms with Crippen molar-refractivity contribution in [2.75, 3.05) is 32.6 Å². The Morgan fingerprint density at radius 1 is 1.19 bits per heavy atom. The standard InChI is InChI=1S/C20H25ClN2O3/c1-25-17-7-5-15(6-8-17)22-16-4-3-9-23(13-16)12-14-10-20(26-2)19(24)11-18(14)21/h5-8,10-11,16,22,24H,3-4,9,12-13H2,1-2H3. The molecule has 1 aliphatic rings. The number of halogens is 1. The van der Waals surface area contributed by atoms with Gasteiger partial charge in [-0.1, -0.05) is 11.6 Å². The van der Waals surface area contributed by atoms with Crippen molar-refractivity contribution in [1.29, 1.82) is 0 Å². The van der Waals surface area contributed by atoms with Crippen LogP contribution >= 0.6 is 11.6 Å². The molecule has 1 fully saturated rings. The van der Waals surface area contributed by atoms with Gasteiger partial charge >= 0.3 is 0 Å². The monoisotopic (exact) mass is 376 g/mol. The van der Waals surface area contributed by atoms with Crippen molar-refractivity contribution >= 4 is 17.3 Å². The maximum absolute atomic E-state index is 9.82. The molecule has 5 nitrogen and oxygen atoms in total. The minimum Gasteiger partial charge on any atom is -0.504 e. The van der Waals surface area contributed by atoms with Gasteiger partial charge in [-0.15, -0.1) is 0 Å². The van der Waals surface area contributed by atoms with Crippen LogP contribution in [-0.4, -0.2) is 43.4 Å². The molecule has 6 heteroatoms. The lowest BCUT2D eigenvalue weighted by Gasteiger charge is -2.34. The number of nitrogens with zero attached hydrogens (tertiary/aromatic N) is 1. The highest BCUT2D eigenvalue weighted by atomic mass is 35.5. The van der Waals surface area contributed by atoms with Crippen molar-refractivity contribution in [3.05, 3.63) is 47.0 Å². The summed E-state index contributed by atoms with van der Waals surface area (Å²) in [6, 6.07) is 11.8. The van der Waals surface area contributed by atoms with Gasteiger partial charge in [-0.3, -0.25) is 4.90 Å². The molecule has 1 atom stereocenters. The molecule has 0 saturated carbocycles. The average Bonchev–Trinajstić information content (AvgIpc) is 2.65. The van der Waals surface area contributed by atoms with Gasteiger partial charge in [0.2, 0.25) is 0 Å². The quantitative estimate of drug-likeness (QED) is 0.793. The summed E-state index contributed by atoms with van der Waals surface area (Å²) in [4.78, 5) is 2.38. The minimum atomic E-state index is 0.0685. The second kappa shape index (κ2) is 8.52. The molecule has 0 aliphatic carbocycles. The Labute approximate surface area is 159 Å². The zero-order valence-corrected chi connectivity index (χ0v) is 15.9. The Morgan fingerprint density at radius 2 is 1.96 bits per heavy atom. The van der Waals surface area contributed by atoms with E-state index in [1.54, 1.807) is 20.3 Å². The molecular weight excluding hydrogens is 352 g/mol. The molecule has 2 aromatic carbocycles. The van der Waals surface area contributed by atoms with Crippen molar-refractivity contribution in [1.82, 2.24) is 4.90 Å². The Bertz CT molecular complexity index is 737. The molecule has 1 unspecified atom stereocenters. The maximum Gasteiger partial charge on any atom is 0.160 e. The van der Waals surface area contributed by atoms with Crippen LogP contribution in [0.2, 0.25) is 5.02 Å². The number of ether oxygens (including phenoxy) is 2. The largest absolute Gasteiger partial charge is 0.504 e. The van der Waals surface area contributed by atoms with Crippen molar-refractivity contribution in [3.63, 3.8) is 0 Å². The number of hydrogen-bond donors (Lipinski definition) is 2. The van der Waals surface area contributed by atoms with Crippen LogP contribution in [0.1, 0.15) is 18.4 Å². The van der Waals surface area contributed by atoms with Gasteiger partial charge in [-0.25, -0.2) is 0 Å². The number of benzene rings is 2. The number of methoxy groups -OCH3 is 2. The molecule has 1 heterocycles. The number of aromatic hydroxyl groups is 1. The molecule has 3 rings (SSSR count). The van der Waals surface area contributed by atoms with Crippen molar-refractivity contribution in [3.8, 4) is 17.2 Å². The summed E-state index contributed by atoms with van der Waals surface area (Å²) in [7, 11) is 3.22. The topological polar surface area (TPSA) is 54.0 Å². The molecule has 0 amide bonds. The number of phenols is 1. The summed E-state index contributed by atoms with van der Waals surface area (Å²) in [6.07, 6.45) is 2.26. The number of piperidine rings is 1. The van der Waals surface area contributed by atoms with Crippen LogP contribution in [0.25, 0.3) is 0 Å². The van der Waals surface area contributed by atoms with E-state index in [0.717, 1.165) is 49.5 Å². The van der Waals surface area contributed by atoms with Gasteiger partial charge in [-0.2, -0.15) is 0 Å². The predicted octanol–water partition coefficient (Wildman–Crippen LogP) is 4.14. The highest BCUT2D eigenvalue weighted by Crippen LogP contribution is 2.33. The van der Waals surface area contributed by atoms with Crippen LogP contribution in [0.4, 0.5) is 5.69 Å². The first kappa shape index (κ1) is 18.7. The highest BCUT2D eigenvalue weighted by Gasteiger charge is 2.21. The van der Waals surface area contributed by atoms with Crippen molar-refractivity contribution in [2.45, 2.75) is 25.4 Å². The summed E-state index contributed by atoms with van der Waals surface area (Å²) in [5.41, 5.74) is 2.06. The van der Waals surface area contributed by atoms with E-state index in [1.807, 2.05) is 30.3 Å². The third kappa shape index (κ3) is 4.54. The van der Waals surface area contributed by atoms with E-state index in [2.05, 4.69) is 10.2 Å². The van der Waals surface area contributed by atoms with E-state index >= 15 is 0 Å². The number of anilines is 1. The van der Waals surface area contributed by atoms with Crippen molar-refractivity contribution < 1.29 is 14.6 Å². The summed E-state index contributed by atoms with van der Waals surface area (Å²) in [5.74, 6) is 1.38. The smallest absolute Gasteiger partial charge is 0.160 e. The van der Waals surface area contributed by atoms with Gasteiger partial charge in [0.25, 0.3) is 0 Å². The minimum absolute atomic E-state index is 0.0685. The van der Waals surface area contributed by atoms with E-state index in [4.69, 9.17) is 21.1 Å². The molecule has 0 aromatic heterocycles. The lowest BCUT2D eigenvalue weighted by atomic mass is 10.0. The Balaban J connectivity index is 1.63. The Hall–Kier alpha value is -2.11. The molecule has 26 heavy (non-hydrogen) atoms.